The average Bonchev–Trinajstić information content (AvgIpc) is 2.34. The highest BCUT2D eigenvalue weighted by Gasteiger charge is 2.13. The van der Waals surface area contributed by atoms with Gasteiger partial charge in [0.1, 0.15) is 0 Å². The molecular formula is C12H15O5. The Bertz CT molecular complexity index is 375. The summed E-state index contributed by atoms with van der Waals surface area (Å²) >= 11 is 0. The Kier molecular flexibility index (Phi) is 4.63. The number of ether oxygens (including phenoxy) is 3. The first-order chi connectivity index (χ1) is 8.12. The molecule has 0 saturated carbocycles. The van der Waals surface area contributed by atoms with Crippen LogP contribution >= 0.6 is 0 Å². The van der Waals surface area contributed by atoms with Gasteiger partial charge in [-0.2, -0.15) is 0 Å². The number of hydrogen-bond acceptors (Lipinski definition) is 4. The van der Waals surface area contributed by atoms with Crippen molar-refractivity contribution in [2.75, 3.05) is 21.3 Å². The summed E-state index contributed by atoms with van der Waals surface area (Å²) in [7, 11) is 4.54. The van der Waals surface area contributed by atoms with Crippen LogP contribution in [0.5, 0.6) is 17.2 Å². The minimum atomic E-state index is -1.08. The molecule has 5 nitrogen and oxygen atoms in total. The summed E-state index contributed by atoms with van der Waals surface area (Å²) < 4.78 is 15.5. The van der Waals surface area contributed by atoms with Gasteiger partial charge in [-0.3, -0.25) is 0 Å². The molecule has 0 atom stereocenters. The first-order valence-corrected chi connectivity index (χ1v) is 5.11. The van der Waals surface area contributed by atoms with Gasteiger partial charge in [0.2, 0.25) is 5.75 Å². The van der Waals surface area contributed by atoms with Gasteiger partial charge in [-0.25, -0.2) is 9.90 Å². The van der Waals surface area contributed by atoms with Crippen LogP contribution in [0, 0.1) is 0 Å². The maximum Gasteiger partial charge on any atom is 0.355 e. The quantitative estimate of drug-likeness (QED) is 0.756. The van der Waals surface area contributed by atoms with Crippen molar-refractivity contribution in [3.05, 3.63) is 17.7 Å². The Hall–Kier alpha value is -1.91. The van der Waals surface area contributed by atoms with Gasteiger partial charge in [0.25, 0.3) is 0 Å². The summed E-state index contributed by atoms with van der Waals surface area (Å²) in [5.41, 5.74) is 0.795. The number of carbonyl (C=O) groups excluding carboxylic acids is 1. The predicted octanol–water partition coefficient (Wildman–Crippen LogP) is 1.60. The van der Waals surface area contributed by atoms with E-state index in [1.165, 1.54) is 21.3 Å². The normalized spacial score (nSPS) is 9.82. The smallest absolute Gasteiger partial charge is 0.355 e. The van der Waals surface area contributed by atoms with Crippen LogP contribution in [-0.2, 0) is 16.3 Å². The van der Waals surface area contributed by atoms with E-state index < -0.39 is 5.97 Å². The third-order valence-corrected chi connectivity index (χ3v) is 2.34. The number of aryl methyl sites for hydroxylation is 1. The largest absolute Gasteiger partial charge is 0.493 e. The predicted molar refractivity (Wildman–Crippen MR) is 60.1 cm³/mol. The second-order valence-corrected chi connectivity index (χ2v) is 3.41. The van der Waals surface area contributed by atoms with Crippen molar-refractivity contribution < 1.29 is 24.1 Å². The summed E-state index contributed by atoms with van der Waals surface area (Å²) in [4.78, 5) is 10.4. The number of benzene rings is 1. The van der Waals surface area contributed by atoms with E-state index >= 15 is 0 Å². The Labute approximate surface area is 99.9 Å². The Morgan fingerprint density at radius 2 is 1.59 bits per heavy atom. The number of rotatable bonds is 6. The zero-order chi connectivity index (χ0) is 12.8. The van der Waals surface area contributed by atoms with Crippen molar-refractivity contribution in [1.82, 2.24) is 0 Å². The lowest BCUT2D eigenvalue weighted by Gasteiger charge is -2.13. The van der Waals surface area contributed by atoms with Gasteiger partial charge in [-0.1, -0.05) is 0 Å². The molecule has 1 radical (unpaired) electrons. The molecule has 0 bridgehead atoms. The van der Waals surface area contributed by atoms with Crippen LogP contribution in [-0.4, -0.2) is 27.3 Å². The van der Waals surface area contributed by atoms with E-state index in [0.717, 1.165) is 5.56 Å². The molecule has 0 unspecified atom stereocenters. The number of methoxy groups -OCH3 is 3. The summed E-state index contributed by atoms with van der Waals surface area (Å²) in [6.45, 7) is 0. The second kappa shape index (κ2) is 5.98. The van der Waals surface area contributed by atoms with Crippen molar-refractivity contribution in [3.8, 4) is 17.2 Å². The van der Waals surface area contributed by atoms with Crippen LogP contribution in [0.3, 0.4) is 0 Å². The average molecular weight is 239 g/mol. The maximum atomic E-state index is 10.4. The fourth-order valence-corrected chi connectivity index (χ4v) is 1.53. The van der Waals surface area contributed by atoms with E-state index in [4.69, 9.17) is 14.2 Å². The van der Waals surface area contributed by atoms with Crippen LogP contribution < -0.4 is 14.2 Å². The van der Waals surface area contributed by atoms with Gasteiger partial charge < -0.3 is 14.2 Å². The first-order valence-electron chi connectivity index (χ1n) is 5.11. The van der Waals surface area contributed by atoms with E-state index in [1.807, 2.05) is 0 Å². The van der Waals surface area contributed by atoms with E-state index in [1.54, 1.807) is 12.1 Å². The van der Waals surface area contributed by atoms with Crippen LogP contribution in [0.25, 0.3) is 0 Å². The highest BCUT2D eigenvalue weighted by Crippen LogP contribution is 2.38. The van der Waals surface area contributed by atoms with Crippen LogP contribution in [0.4, 0.5) is 0 Å². The van der Waals surface area contributed by atoms with Gasteiger partial charge in [0, 0.05) is 0 Å². The van der Waals surface area contributed by atoms with Crippen LogP contribution in [0.15, 0.2) is 12.1 Å². The van der Waals surface area contributed by atoms with Gasteiger partial charge in [0.15, 0.2) is 11.5 Å². The van der Waals surface area contributed by atoms with Crippen molar-refractivity contribution in [1.29, 1.82) is 0 Å². The number of hydrogen-bond donors (Lipinski definition) is 0. The molecule has 0 N–H and O–H groups in total. The highest BCUT2D eigenvalue weighted by atomic mass is 16.5. The highest BCUT2D eigenvalue weighted by molar-refractivity contribution is 5.67. The Morgan fingerprint density at radius 3 is 1.94 bits per heavy atom. The molecule has 0 spiro atoms. The standard InChI is InChI=1S/C12H15O5/c1-15-9-6-8(4-5-11(13)14)7-10(16-2)12(9)17-3/h6-7H,4-5H2,1-3H3. The van der Waals surface area contributed by atoms with Crippen molar-refractivity contribution in [3.63, 3.8) is 0 Å². The molecule has 17 heavy (non-hydrogen) atoms. The lowest BCUT2D eigenvalue weighted by molar-refractivity contribution is -0.143. The lowest BCUT2D eigenvalue weighted by Crippen LogP contribution is -1.99. The van der Waals surface area contributed by atoms with Crippen molar-refractivity contribution >= 4 is 5.97 Å². The molecule has 0 saturated heterocycles. The molecule has 1 aromatic rings. The van der Waals surface area contributed by atoms with E-state index in [-0.39, 0.29) is 6.42 Å². The van der Waals surface area contributed by atoms with E-state index in [2.05, 4.69) is 0 Å². The number of carbonyl (C=O) groups is 1. The monoisotopic (exact) mass is 239 g/mol. The zero-order valence-corrected chi connectivity index (χ0v) is 10.1. The molecule has 0 amide bonds. The molecule has 0 fully saturated rings. The summed E-state index contributed by atoms with van der Waals surface area (Å²) in [6, 6.07) is 3.45. The van der Waals surface area contributed by atoms with Gasteiger partial charge >= 0.3 is 5.97 Å². The summed E-state index contributed by atoms with van der Waals surface area (Å²) in [6.07, 6.45) is 0.317. The van der Waals surface area contributed by atoms with E-state index in [0.29, 0.717) is 23.7 Å². The van der Waals surface area contributed by atoms with Crippen molar-refractivity contribution in [2.24, 2.45) is 0 Å². The molecule has 93 valence electrons. The van der Waals surface area contributed by atoms with Crippen LogP contribution in [0.2, 0.25) is 0 Å². The molecule has 0 aromatic heterocycles. The Morgan fingerprint density at radius 1 is 1.06 bits per heavy atom. The molecule has 5 heteroatoms. The second-order valence-electron chi connectivity index (χ2n) is 3.41. The third kappa shape index (κ3) is 3.27. The lowest BCUT2D eigenvalue weighted by atomic mass is 10.1. The van der Waals surface area contributed by atoms with Crippen LogP contribution in [0.1, 0.15) is 12.0 Å². The minimum absolute atomic E-state index is 0.0430. The zero-order valence-electron chi connectivity index (χ0n) is 10.1. The molecule has 1 rings (SSSR count). The fourth-order valence-electron chi connectivity index (χ4n) is 1.53. The third-order valence-electron chi connectivity index (χ3n) is 2.34. The van der Waals surface area contributed by atoms with Gasteiger partial charge in [-0.15, -0.1) is 0 Å². The SMILES string of the molecule is COc1cc(CCC([O])=O)cc(OC)c1OC. The molecule has 1 aromatic carbocycles. The first kappa shape index (κ1) is 13.2. The van der Waals surface area contributed by atoms with E-state index in [9.17, 15) is 9.90 Å². The molecule has 0 aliphatic heterocycles. The summed E-state index contributed by atoms with van der Waals surface area (Å²) in [5.74, 6) is 0.436. The maximum absolute atomic E-state index is 10.4. The molecule has 0 heterocycles. The molecule has 0 aliphatic rings. The molecule has 0 aliphatic carbocycles. The van der Waals surface area contributed by atoms with Gasteiger partial charge in [0.05, 0.1) is 27.8 Å². The fraction of sp³-hybridized carbons (Fsp3) is 0.417. The molecular weight excluding hydrogens is 224 g/mol. The minimum Gasteiger partial charge on any atom is -0.493 e. The Balaban J connectivity index is 3.04. The summed E-state index contributed by atoms with van der Waals surface area (Å²) in [5, 5.41) is 10.4. The van der Waals surface area contributed by atoms with Gasteiger partial charge in [-0.05, 0) is 24.1 Å². The topological polar surface area (TPSA) is 64.7 Å². The van der Waals surface area contributed by atoms with Crippen molar-refractivity contribution in [2.45, 2.75) is 12.8 Å².